The minimum atomic E-state index is -0.609. The number of nitrogens with zero attached hydrogens (tertiary/aromatic N) is 2. The first kappa shape index (κ1) is 23.5. The van der Waals surface area contributed by atoms with Crippen molar-refractivity contribution in [2.75, 3.05) is 14.2 Å². The van der Waals surface area contributed by atoms with Crippen LogP contribution in [0.3, 0.4) is 0 Å². The van der Waals surface area contributed by atoms with Crippen LogP contribution in [0.2, 0.25) is 0 Å². The molecule has 2 N–H and O–H groups in total. The number of allylic oxidation sites excluding steroid dienone is 1. The van der Waals surface area contributed by atoms with Crippen LogP contribution < -0.4 is 25.5 Å². The van der Waals surface area contributed by atoms with Gasteiger partial charge < -0.3 is 24.5 Å². The number of hydrogen-bond acceptors (Lipinski definition) is 6. The molecule has 1 aliphatic rings. The third-order valence-electron chi connectivity index (χ3n) is 5.97. The van der Waals surface area contributed by atoms with E-state index in [-0.39, 0.29) is 17.0 Å². The van der Waals surface area contributed by atoms with Crippen LogP contribution in [0.15, 0.2) is 69.3 Å². The maximum Gasteiger partial charge on any atom is 0.258 e. The van der Waals surface area contributed by atoms with Gasteiger partial charge in [-0.25, -0.2) is 0 Å². The van der Waals surface area contributed by atoms with Gasteiger partial charge in [-0.1, -0.05) is 34.1 Å². The van der Waals surface area contributed by atoms with E-state index in [1.54, 1.807) is 24.9 Å². The summed E-state index contributed by atoms with van der Waals surface area (Å²) in [4.78, 5) is 13.8. The van der Waals surface area contributed by atoms with Gasteiger partial charge in [-0.05, 0) is 48.7 Å². The first-order valence-corrected chi connectivity index (χ1v) is 11.5. The van der Waals surface area contributed by atoms with Crippen molar-refractivity contribution >= 4 is 15.9 Å². The maximum absolute atomic E-state index is 13.8. The van der Waals surface area contributed by atoms with Crippen LogP contribution in [0.5, 0.6) is 17.2 Å². The predicted octanol–water partition coefficient (Wildman–Crippen LogP) is 4.40. The molecular formula is C26H24BrN3O4. The smallest absolute Gasteiger partial charge is 0.258 e. The molecule has 0 saturated carbocycles. The van der Waals surface area contributed by atoms with Gasteiger partial charge in [-0.3, -0.25) is 4.79 Å². The van der Waals surface area contributed by atoms with Crippen molar-refractivity contribution in [2.24, 2.45) is 5.73 Å². The number of nitrogens with two attached hydrogens (primary N) is 1. The Hall–Kier alpha value is -3.70. The number of aromatic nitrogens is 1. The molecule has 1 atom stereocenters. The van der Waals surface area contributed by atoms with E-state index in [0.29, 0.717) is 35.8 Å². The number of benzene rings is 2. The van der Waals surface area contributed by atoms with Gasteiger partial charge in [0.15, 0.2) is 11.5 Å². The zero-order valence-electron chi connectivity index (χ0n) is 19.1. The molecule has 7 nitrogen and oxygen atoms in total. The summed E-state index contributed by atoms with van der Waals surface area (Å²) in [6.07, 6.45) is 0.604. The van der Waals surface area contributed by atoms with Crippen molar-refractivity contribution in [1.29, 1.82) is 5.26 Å². The molecule has 1 aliphatic heterocycles. The fraction of sp³-hybridized carbons (Fsp3) is 0.231. The van der Waals surface area contributed by atoms with Crippen molar-refractivity contribution < 1.29 is 14.2 Å². The number of methoxy groups -OCH3 is 2. The summed E-state index contributed by atoms with van der Waals surface area (Å²) in [5.74, 6) is 1.08. The fourth-order valence-corrected chi connectivity index (χ4v) is 4.49. The number of ether oxygens (including phenoxy) is 3. The highest BCUT2D eigenvalue weighted by Gasteiger charge is 2.34. The van der Waals surface area contributed by atoms with Crippen LogP contribution in [0, 0.1) is 18.3 Å². The van der Waals surface area contributed by atoms with Crippen LogP contribution in [-0.4, -0.2) is 18.8 Å². The molecule has 0 unspecified atom stereocenters. The monoisotopic (exact) mass is 521 g/mol. The van der Waals surface area contributed by atoms with Crippen LogP contribution >= 0.6 is 15.9 Å². The van der Waals surface area contributed by atoms with Crippen molar-refractivity contribution in [3.63, 3.8) is 0 Å². The second-order valence-electron chi connectivity index (χ2n) is 7.94. The Kier molecular flexibility index (Phi) is 6.66. The maximum atomic E-state index is 13.8. The Bertz CT molecular complexity index is 1370. The minimum Gasteiger partial charge on any atom is -0.493 e. The predicted molar refractivity (Wildman–Crippen MR) is 132 cm³/mol. The lowest BCUT2D eigenvalue weighted by atomic mass is 9.84. The quantitative estimate of drug-likeness (QED) is 0.516. The Balaban J connectivity index is 1.76. The lowest BCUT2D eigenvalue weighted by molar-refractivity contribution is 0.354. The summed E-state index contributed by atoms with van der Waals surface area (Å²) in [5.41, 5.74) is 9.05. The molecule has 0 bridgehead atoms. The number of rotatable bonds is 6. The van der Waals surface area contributed by atoms with Crippen LogP contribution in [0.4, 0.5) is 0 Å². The first-order chi connectivity index (χ1) is 16.4. The van der Waals surface area contributed by atoms with Crippen molar-refractivity contribution in [1.82, 2.24) is 4.57 Å². The van der Waals surface area contributed by atoms with Crippen LogP contribution in [0.1, 0.15) is 28.3 Å². The molecule has 174 valence electrons. The number of halogens is 1. The molecular weight excluding hydrogens is 498 g/mol. The molecule has 1 aromatic heterocycles. The Morgan fingerprint density at radius 3 is 2.47 bits per heavy atom. The number of nitriles is 1. The van der Waals surface area contributed by atoms with Gasteiger partial charge in [0.25, 0.3) is 5.56 Å². The van der Waals surface area contributed by atoms with E-state index in [1.807, 2.05) is 49.4 Å². The van der Waals surface area contributed by atoms with Gasteiger partial charge in [-0.15, -0.1) is 0 Å². The molecule has 0 fully saturated rings. The normalized spacial score (nSPS) is 14.7. The number of fused-ring (bicyclic) bond motifs is 1. The van der Waals surface area contributed by atoms with Gasteiger partial charge in [0.1, 0.15) is 17.4 Å². The molecule has 0 amide bonds. The highest BCUT2D eigenvalue weighted by Crippen LogP contribution is 2.40. The molecule has 0 spiro atoms. The number of aryl methyl sites for hydroxylation is 2. The largest absolute Gasteiger partial charge is 0.493 e. The van der Waals surface area contributed by atoms with Crippen LogP contribution in [0.25, 0.3) is 0 Å². The summed E-state index contributed by atoms with van der Waals surface area (Å²) in [5, 5.41) is 9.82. The van der Waals surface area contributed by atoms with Gasteiger partial charge in [0.05, 0.1) is 25.7 Å². The van der Waals surface area contributed by atoms with Gasteiger partial charge >= 0.3 is 0 Å². The summed E-state index contributed by atoms with van der Waals surface area (Å²) in [7, 11) is 3.18. The zero-order chi connectivity index (χ0) is 24.4. The topological polar surface area (TPSA) is 99.5 Å². The lowest BCUT2D eigenvalue weighted by Crippen LogP contribution is -2.33. The van der Waals surface area contributed by atoms with Gasteiger partial charge in [-0.2, -0.15) is 5.26 Å². The summed E-state index contributed by atoms with van der Waals surface area (Å²) < 4.78 is 19.0. The molecule has 0 radical (unpaired) electrons. The Labute approximate surface area is 206 Å². The molecule has 2 aromatic carbocycles. The molecule has 2 heterocycles. The third-order valence-corrected chi connectivity index (χ3v) is 6.49. The third kappa shape index (κ3) is 4.27. The molecule has 0 aliphatic carbocycles. The second-order valence-corrected chi connectivity index (χ2v) is 8.85. The SMILES string of the molecule is COc1ccc(CCn2c(C)cc3c(c2=O)[C@H](c2ccc(Br)cc2)C(C#N)=C(N)O3)cc1OC. The standard InChI is InChI=1S/C26H24BrN3O4/c1-15-12-22-24(23(19(14-28)25(29)34-22)17-5-7-18(27)8-6-17)26(31)30(15)11-10-16-4-9-20(32-2)21(13-16)33-3/h4-9,12-13,23H,10-11,29H2,1-3H3/t23-/m1/s1. The molecule has 0 saturated heterocycles. The van der Waals surface area contributed by atoms with E-state index in [1.165, 1.54) is 0 Å². The summed E-state index contributed by atoms with van der Waals surface area (Å²) in [6, 6.07) is 17.2. The van der Waals surface area contributed by atoms with E-state index in [0.717, 1.165) is 21.3 Å². The average molecular weight is 522 g/mol. The molecule has 8 heteroatoms. The lowest BCUT2D eigenvalue weighted by Gasteiger charge is -2.27. The molecule has 34 heavy (non-hydrogen) atoms. The molecule has 3 aromatic rings. The van der Waals surface area contributed by atoms with Crippen molar-refractivity contribution in [3.05, 3.63) is 97.2 Å². The average Bonchev–Trinajstić information content (AvgIpc) is 2.83. The van der Waals surface area contributed by atoms with E-state index in [4.69, 9.17) is 19.9 Å². The highest BCUT2D eigenvalue weighted by atomic mass is 79.9. The molecule has 4 rings (SSSR count). The van der Waals surface area contributed by atoms with E-state index in [2.05, 4.69) is 22.0 Å². The van der Waals surface area contributed by atoms with E-state index in [9.17, 15) is 10.1 Å². The summed E-state index contributed by atoms with van der Waals surface area (Å²) >= 11 is 3.43. The second kappa shape index (κ2) is 9.65. The van der Waals surface area contributed by atoms with Crippen LogP contribution in [-0.2, 0) is 13.0 Å². The van der Waals surface area contributed by atoms with Crippen molar-refractivity contribution in [2.45, 2.75) is 25.8 Å². The van der Waals surface area contributed by atoms with Gasteiger partial charge in [0.2, 0.25) is 5.88 Å². The fourth-order valence-electron chi connectivity index (χ4n) is 4.23. The Morgan fingerprint density at radius 1 is 1.12 bits per heavy atom. The van der Waals surface area contributed by atoms with E-state index >= 15 is 0 Å². The number of hydrogen-bond donors (Lipinski definition) is 1. The Morgan fingerprint density at radius 2 is 1.82 bits per heavy atom. The number of pyridine rings is 1. The van der Waals surface area contributed by atoms with Gasteiger partial charge in [0, 0.05) is 22.8 Å². The highest BCUT2D eigenvalue weighted by molar-refractivity contribution is 9.10. The summed E-state index contributed by atoms with van der Waals surface area (Å²) in [6.45, 7) is 2.30. The minimum absolute atomic E-state index is 0.0183. The van der Waals surface area contributed by atoms with E-state index < -0.39 is 5.92 Å². The first-order valence-electron chi connectivity index (χ1n) is 10.7. The van der Waals surface area contributed by atoms with Crippen molar-refractivity contribution in [3.8, 4) is 23.3 Å². The zero-order valence-corrected chi connectivity index (χ0v) is 20.7.